The van der Waals surface area contributed by atoms with E-state index >= 15 is 0 Å². The summed E-state index contributed by atoms with van der Waals surface area (Å²) >= 11 is 0. The van der Waals surface area contributed by atoms with Crippen LogP contribution in [0, 0.1) is 0 Å². The molecule has 7 heteroatoms. The molecule has 0 amide bonds. The molecule has 4 rings (SSSR count). The van der Waals surface area contributed by atoms with Crippen molar-refractivity contribution in [3.05, 3.63) is 30.9 Å². The molecule has 0 unspecified atom stereocenters. The van der Waals surface area contributed by atoms with Crippen molar-refractivity contribution in [3.8, 4) is 22.9 Å². The molecular weight excluding hydrogens is 278 g/mol. The van der Waals surface area contributed by atoms with Gasteiger partial charge in [0.1, 0.15) is 5.69 Å². The first-order chi connectivity index (χ1) is 10.8. The fourth-order valence-corrected chi connectivity index (χ4v) is 2.91. The summed E-state index contributed by atoms with van der Waals surface area (Å²) in [5.74, 6) is 2.69. The van der Waals surface area contributed by atoms with Crippen LogP contribution >= 0.6 is 0 Å². The number of fused-ring (bicyclic) bond motifs is 3. The van der Waals surface area contributed by atoms with E-state index in [0.29, 0.717) is 6.67 Å². The van der Waals surface area contributed by atoms with Gasteiger partial charge in [-0.3, -0.25) is 9.55 Å². The molecule has 0 spiro atoms. The highest BCUT2D eigenvalue weighted by atomic mass is 15.4. The maximum Gasteiger partial charge on any atom is 0.186 e. The lowest BCUT2D eigenvalue weighted by atomic mass is 10.2. The number of anilines is 1. The van der Waals surface area contributed by atoms with Crippen LogP contribution in [0.3, 0.4) is 0 Å². The second-order valence-electron chi connectivity index (χ2n) is 5.45. The lowest BCUT2D eigenvalue weighted by Crippen LogP contribution is -2.32. The van der Waals surface area contributed by atoms with E-state index < -0.39 is 0 Å². The molecule has 0 radical (unpaired) electrons. The Hall–Kier alpha value is -2.70. The standard InChI is InChI=1S/C15H17N7/c1-3-7-21-10-22-13(11-5-4-6-16-8-11)18-19-15(22)12-14(21)17-9-20(12)2/h4-6,8-9H,3,7,10H2,1-2H3. The molecule has 0 fully saturated rings. The zero-order chi connectivity index (χ0) is 15.1. The second-order valence-corrected chi connectivity index (χ2v) is 5.45. The lowest BCUT2D eigenvalue weighted by molar-refractivity contribution is 0.615. The minimum atomic E-state index is 0.713. The van der Waals surface area contributed by atoms with Crippen molar-refractivity contribution in [3.63, 3.8) is 0 Å². The monoisotopic (exact) mass is 295 g/mol. The molecular formula is C15H17N7. The molecule has 7 nitrogen and oxygen atoms in total. The van der Waals surface area contributed by atoms with Crippen LogP contribution in [0.2, 0.25) is 0 Å². The van der Waals surface area contributed by atoms with E-state index in [-0.39, 0.29) is 0 Å². The summed E-state index contributed by atoms with van der Waals surface area (Å²) in [5.41, 5.74) is 1.99. The third kappa shape index (κ3) is 1.82. The average Bonchev–Trinajstić information content (AvgIpc) is 3.12. The second kappa shape index (κ2) is 4.94. The summed E-state index contributed by atoms with van der Waals surface area (Å²) in [7, 11) is 1.99. The molecule has 1 aliphatic heterocycles. The summed E-state index contributed by atoms with van der Waals surface area (Å²) in [6, 6.07) is 3.92. The average molecular weight is 295 g/mol. The predicted octanol–water partition coefficient (Wildman–Crippen LogP) is 1.93. The minimum Gasteiger partial charge on any atom is -0.337 e. The zero-order valence-electron chi connectivity index (χ0n) is 12.6. The Bertz CT molecular complexity index is 803. The van der Waals surface area contributed by atoms with Gasteiger partial charge in [0.05, 0.1) is 13.0 Å². The molecule has 1 aliphatic rings. The van der Waals surface area contributed by atoms with Crippen molar-refractivity contribution in [1.82, 2.24) is 29.3 Å². The minimum absolute atomic E-state index is 0.713. The van der Waals surface area contributed by atoms with Crippen molar-refractivity contribution < 1.29 is 0 Å². The maximum absolute atomic E-state index is 4.53. The number of aromatic nitrogens is 6. The van der Waals surface area contributed by atoms with Crippen LogP contribution in [0.5, 0.6) is 0 Å². The van der Waals surface area contributed by atoms with Gasteiger partial charge in [-0.15, -0.1) is 10.2 Å². The van der Waals surface area contributed by atoms with Gasteiger partial charge >= 0.3 is 0 Å². The third-order valence-electron chi connectivity index (χ3n) is 3.91. The summed E-state index contributed by atoms with van der Waals surface area (Å²) in [6.07, 6.45) is 6.48. The first kappa shape index (κ1) is 13.0. The van der Waals surface area contributed by atoms with Crippen molar-refractivity contribution in [1.29, 1.82) is 0 Å². The Kier molecular flexibility index (Phi) is 2.92. The van der Waals surface area contributed by atoms with E-state index in [0.717, 1.165) is 41.7 Å². The van der Waals surface area contributed by atoms with E-state index in [1.54, 1.807) is 6.20 Å². The van der Waals surface area contributed by atoms with Gasteiger partial charge in [-0.25, -0.2) is 4.98 Å². The van der Waals surface area contributed by atoms with Crippen LogP contribution in [0.25, 0.3) is 22.9 Å². The summed E-state index contributed by atoms with van der Waals surface area (Å²) in [4.78, 5) is 11.0. The molecule has 4 heterocycles. The topological polar surface area (TPSA) is 64.7 Å². The number of nitrogens with zero attached hydrogens (tertiary/aromatic N) is 7. The first-order valence-electron chi connectivity index (χ1n) is 7.40. The number of hydrogen-bond donors (Lipinski definition) is 0. The Morgan fingerprint density at radius 3 is 2.86 bits per heavy atom. The highest BCUT2D eigenvalue weighted by Crippen LogP contribution is 2.35. The third-order valence-corrected chi connectivity index (χ3v) is 3.91. The molecule has 0 saturated heterocycles. The zero-order valence-corrected chi connectivity index (χ0v) is 12.6. The summed E-state index contributed by atoms with van der Waals surface area (Å²) < 4.78 is 4.14. The molecule has 3 aromatic heterocycles. The van der Waals surface area contributed by atoms with Crippen molar-refractivity contribution in [2.45, 2.75) is 20.0 Å². The van der Waals surface area contributed by atoms with Crippen molar-refractivity contribution >= 4 is 5.82 Å². The first-order valence-corrected chi connectivity index (χ1v) is 7.40. The van der Waals surface area contributed by atoms with E-state index in [9.17, 15) is 0 Å². The van der Waals surface area contributed by atoms with Gasteiger partial charge in [-0.05, 0) is 18.6 Å². The quantitative estimate of drug-likeness (QED) is 0.738. The fraction of sp³-hybridized carbons (Fsp3) is 0.333. The van der Waals surface area contributed by atoms with Gasteiger partial charge < -0.3 is 9.47 Å². The molecule has 0 aromatic carbocycles. The lowest BCUT2D eigenvalue weighted by Gasteiger charge is -2.29. The van der Waals surface area contributed by atoms with E-state index in [1.807, 2.05) is 36.3 Å². The van der Waals surface area contributed by atoms with Crippen LogP contribution < -0.4 is 4.90 Å². The highest BCUT2D eigenvalue weighted by Gasteiger charge is 2.29. The molecule has 0 N–H and O–H groups in total. The largest absolute Gasteiger partial charge is 0.337 e. The highest BCUT2D eigenvalue weighted by molar-refractivity contribution is 5.72. The molecule has 3 aromatic rings. The Balaban J connectivity index is 1.89. The van der Waals surface area contributed by atoms with Crippen LogP contribution in [0.4, 0.5) is 5.82 Å². The molecule has 22 heavy (non-hydrogen) atoms. The Labute approximate surface area is 128 Å². The van der Waals surface area contributed by atoms with E-state index in [1.165, 1.54) is 0 Å². The Morgan fingerprint density at radius 2 is 2.09 bits per heavy atom. The van der Waals surface area contributed by atoms with Crippen LogP contribution in [-0.2, 0) is 13.7 Å². The van der Waals surface area contributed by atoms with Crippen molar-refractivity contribution in [2.75, 3.05) is 11.4 Å². The van der Waals surface area contributed by atoms with Crippen LogP contribution in [0.15, 0.2) is 30.9 Å². The number of hydrogen-bond acceptors (Lipinski definition) is 5. The normalized spacial score (nSPS) is 13.1. The van der Waals surface area contributed by atoms with Crippen LogP contribution in [0.1, 0.15) is 13.3 Å². The van der Waals surface area contributed by atoms with Crippen LogP contribution in [-0.4, -0.2) is 35.8 Å². The van der Waals surface area contributed by atoms with Gasteiger partial charge in [0.2, 0.25) is 0 Å². The predicted molar refractivity (Wildman–Crippen MR) is 83.1 cm³/mol. The summed E-state index contributed by atoms with van der Waals surface area (Å²) in [5, 5.41) is 8.79. The van der Waals surface area contributed by atoms with E-state index in [2.05, 4.69) is 36.6 Å². The fourth-order valence-electron chi connectivity index (χ4n) is 2.91. The van der Waals surface area contributed by atoms with Gasteiger partial charge in [0, 0.05) is 31.5 Å². The van der Waals surface area contributed by atoms with Crippen molar-refractivity contribution in [2.24, 2.45) is 7.05 Å². The number of imidazole rings is 1. The van der Waals surface area contributed by atoms with Gasteiger partial charge in [-0.1, -0.05) is 6.92 Å². The molecule has 0 aliphatic carbocycles. The molecule has 0 bridgehead atoms. The SMILES string of the molecule is CCCN1Cn2c(-c3cccnc3)nnc2-c2c1ncn2C. The van der Waals surface area contributed by atoms with Gasteiger partial charge in [0.15, 0.2) is 17.5 Å². The molecule has 112 valence electrons. The smallest absolute Gasteiger partial charge is 0.186 e. The van der Waals surface area contributed by atoms with Gasteiger partial charge in [-0.2, -0.15) is 0 Å². The number of rotatable bonds is 3. The maximum atomic E-state index is 4.53. The molecule has 0 atom stereocenters. The molecule has 0 saturated carbocycles. The number of pyridine rings is 1. The number of aryl methyl sites for hydroxylation is 1. The Morgan fingerprint density at radius 1 is 1.23 bits per heavy atom. The van der Waals surface area contributed by atoms with E-state index in [4.69, 9.17) is 0 Å². The van der Waals surface area contributed by atoms with Gasteiger partial charge in [0.25, 0.3) is 0 Å². The summed E-state index contributed by atoms with van der Waals surface area (Å²) in [6.45, 7) is 3.84.